The molecule has 1 saturated carbocycles. The molecule has 2 aliphatic heterocycles. The summed E-state index contributed by atoms with van der Waals surface area (Å²) in [5.74, 6) is 2.32. The van der Waals surface area contributed by atoms with Gasteiger partial charge in [-0.05, 0) is 88.9 Å². The van der Waals surface area contributed by atoms with Crippen LogP contribution in [-0.2, 0) is 55.4 Å². The van der Waals surface area contributed by atoms with Gasteiger partial charge in [-0.15, -0.1) is 0 Å². The molecule has 2 unspecified atom stereocenters. The maximum atomic E-state index is 12.4. The smallest absolute Gasteiger partial charge is 1.00 e. The molecule has 2 fully saturated rings. The summed E-state index contributed by atoms with van der Waals surface area (Å²) in [6.45, 7) is 7.30. The fourth-order valence-electron chi connectivity index (χ4n) is 9.49. The summed E-state index contributed by atoms with van der Waals surface area (Å²) < 4.78 is 30.4. The number of likely N-dealkylation sites (N-methyl/N-ethyl adjacent to an activating group) is 1. The third-order valence-corrected chi connectivity index (χ3v) is 11.6. The van der Waals surface area contributed by atoms with Gasteiger partial charge in [-0.1, -0.05) is 30.4 Å². The van der Waals surface area contributed by atoms with Crippen molar-refractivity contribution in [2.45, 2.75) is 73.9 Å². The number of rotatable bonds is 10. The molecule has 2 heterocycles. The second kappa shape index (κ2) is 12.1. The van der Waals surface area contributed by atoms with Crippen LogP contribution in [0.3, 0.4) is 0 Å². The van der Waals surface area contributed by atoms with Crippen LogP contribution >= 0.6 is 0 Å². The largest absolute Gasteiger partial charge is 1.00 e. The van der Waals surface area contributed by atoms with E-state index in [0.29, 0.717) is 19.1 Å². The fourth-order valence-corrected chi connectivity index (χ4v) is 9.49. The Morgan fingerprint density at radius 3 is 2.57 bits per heavy atom. The zero-order valence-corrected chi connectivity index (χ0v) is 33.7. The minimum atomic E-state index is -0.987. The molecule has 6 aliphatic rings. The number of aryl methyl sites for hydroxylation is 1. The number of hydrogen-bond donors (Lipinski definition) is 1. The van der Waals surface area contributed by atoms with Gasteiger partial charge in [0, 0.05) is 37.2 Å². The average Bonchev–Trinajstić information content (AvgIpc) is 3.38. The molecule has 8 rings (SSSR count). The molecule has 4 aliphatic carbocycles. The monoisotopic (exact) mass is 855 g/mol. The zero-order valence-electron chi connectivity index (χ0n) is 26.6. The Morgan fingerprint density at radius 2 is 1.89 bits per heavy atom. The maximum Gasteiger partial charge on any atom is 1.00 e. The van der Waals surface area contributed by atoms with E-state index in [1.165, 1.54) is 11.1 Å². The van der Waals surface area contributed by atoms with Crippen molar-refractivity contribution in [2.24, 2.45) is 11.3 Å². The van der Waals surface area contributed by atoms with Gasteiger partial charge >= 0.3 is 27.7 Å². The number of hydrogen-bond acceptors (Lipinski definition) is 7. The van der Waals surface area contributed by atoms with Crippen LogP contribution in [0, 0.1) is 18.3 Å². The Kier molecular flexibility index (Phi) is 9.42. The molecular formula is C35H44BrHgNO6. The van der Waals surface area contributed by atoms with Crippen molar-refractivity contribution in [3.05, 3.63) is 72.2 Å². The Labute approximate surface area is 292 Å². The standard InChI is InChI=1S/C35H44NO6.BrH.Hg/c1-22(38-4)21-41-25-10-7-23(8-11-25)13-14-32(2,37)27-20-33-15-16-35(27,40-6)31-34(33)17-18-36(3)28(33)19-24-9-12-26(39-5)30(42-31)29(24)34;;/h7-12,15-16,22,27-28,31,37H,1,13-14,17-21H2,2-6H3;1H;/q;;+1/p-1/t22?,27-,28-,31-,32-,33+,34+,35?;;/m1../s1. The molecule has 2 aromatic carbocycles. The van der Waals surface area contributed by atoms with E-state index in [4.69, 9.17) is 23.7 Å². The molecule has 1 N–H and O–H groups in total. The van der Waals surface area contributed by atoms with Gasteiger partial charge in [0.2, 0.25) is 0 Å². The van der Waals surface area contributed by atoms with Gasteiger partial charge in [0.15, 0.2) is 11.5 Å². The summed E-state index contributed by atoms with van der Waals surface area (Å²) in [6.07, 6.45) is 8.45. The van der Waals surface area contributed by atoms with Gasteiger partial charge in [-0.3, -0.25) is 0 Å². The third-order valence-electron chi connectivity index (χ3n) is 11.6. The van der Waals surface area contributed by atoms with Crippen LogP contribution in [0.4, 0.5) is 0 Å². The van der Waals surface area contributed by atoms with E-state index in [0.717, 1.165) is 55.0 Å². The van der Waals surface area contributed by atoms with Gasteiger partial charge in [0.25, 0.3) is 0 Å². The second-order valence-electron chi connectivity index (χ2n) is 13.4. The minimum absolute atomic E-state index is 0. The summed E-state index contributed by atoms with van der Waals surface area (Å²) in [6, 6.07) is 12.7. The number of methoxy groups -OCH3 is 3. The van der Waals surface area contributed by atoms with Gasteiger partial charge < -0.3 is 50.7 Å². The van der Waals surface area contributed by atoms with E-state index < -0.39 is 11.2 Å². The first-order chi connectivity index (χ1) is 20.2. The van der Waals surface area contributed by atoms with Crippen LogP contribution in [0.25, 0.3) is 0 Å². The van der Waals surface area contributed by atoms with E-state index in [2.05, 4.69) is 55.3 Å². The van der Waals surface area contributed by atoms with Crippen LogP contribution in [0.5, 0.6) is 17.2 Å². The molecule has 4 bridgehead atoms. The van der Waals surface area contributed by atoms with Crippen molar-refractivity contribution < 1.29 is 73.4 Å². The predicted molar refractivity (Wildman–Crippen MR) is 160 cm³/mol. The fraction of sp³-hybridized carbons (Fsp3) is 0.571. The SMILES string of the molecule is [Br-].[CH2]C(COc1ccc(CC[C@@](C)(O)[C@H]2C[C@]34C=CC2(OC)[C@@H]2Oc5c(OC)ccc6c5[C@@]23CCN(C)[C@@H]4C6)cc1)OC.[Hg+]. The number of piperidine rings is 1. The normalized spacial score (nSPS) is 34.1. The van der Waals surface area contributed by atoms with Crippen LogP contribution in [-0.4, -0.2) is 81.0 Å². The molecule has 7 nitrogen and oxygen atoms in total. The van der Waals surface area contributed by atoms with Crippen LogP contribution in [0.2, 0.25) is 0 Å². The van der Waals surface area contributed by atoms with Crippen molar-refractivity contribution >= 4 is 0 Å². The van der Waals surface area contributed by atoms with Crippen molar-refractivity contribution in [1.29, 1.82) is 0 Å². The molecule has 44 heavy (non-hydrogen) atoms. The summed E-state index contributed by atoms with van der Waals surface area (Å²) in [4.78, 5) is 2.54. The van der Waals surface area contributed by atoms with Crippen LogP contribution in [0.1, 0.15) is 42.9 Å². The quantitative estimate of drug-likeness (QED) is 0.288. The number of benzene rings is 2. The Bertz CT molecular complexity index is 1400. The van der Waals surface area contributed by atoms with Crippen LogP contribution in [0.15, 0.2) is 48.6 Å². The molecule has 2 spiro atoms. The van der Waals surface area contributed by atoms with E-state index in [1.54, 1.807) is 21.3 Å². The molecule has 234 valence electrons. The minimum Gasteiger partial charge on any atom is -1.00 e. The molecule has 0 amide bonds. The zero-order chi connectivity index (χ0) is 29.5. The topological polar surface area (TPSA) is 69.6 Å². The van der Waals surface area contributed by atoms with Crippen molar-refractivity contribution in [1.82, 2.24) is 4.90 Å². The van der Waals surface area contributed by atoms with E-state index in [9.17, 15) is 5.11 Å². The Morgan fingerprint density at radius 1 is 1.14 bits per heavy atom. The van der Waals surface area contributed by atoms with Gasteiger partial charge in [-0.25, -0.2) is 0 Å². The second-order valence-corrected chi connectivity index (χ2v) is 13.4. The summed E-state index contributed by atoms with van der Waals surface area (Å²) in [5, 5.41) is 12.4. The number of nitrogens with zero attached hydrogens (tertiary/aromatic N) is 1. The molecule has 0 aromatic heterocycles. The Hall–Kier alpha value is -1.16. The number of aliphatic hydroxyl groups is 1. The average molecular weight is 855 g/mol. The number of likely N-dealkylation sites (tertiary alicyclic amines) is 1. The van der Waals surface area contributed by atoms with E-state index in [-0.39, 0.29) is 73.6 Å². The summed E-state index contributed by atoms with van der Waals surface area (Å²) in [7, 11) is 7.41. The van der Waals surface area contributed by atoms with Crippen molar-refractivity contribution in [3.8, 4) is 17.2 Å². The first kappa shape index (κ1) is 34.2. The third kappa shape index (κ3) is 4.59. The number of halogens is 1. The molecule has 8 atom stereocenters. The Balaban J connectivity index is 0.00000192. The maximum absolute atomic E-state index is 12.4. The van der Waals surface area contributed by atoms with E-state index >= 15 is 0 Å². The number of ether oxygens (including phenoxy) is 5. The van der Waals surface area contributed by atoms with Crippen LogP contribution < -0.4 is 31.2 Å². The van der Waals surface area contributed by atoms with Crippen molar-refractivity contribution in [3.63, 3.8) is 0 Å². The van der Waals surface area contributed by atoms with Crippen molar-refractivity contribution in [2.75, 3.05) is 41.5 Å². The first-order valence-electron chi connectivity index (χ1n) is 15.3. The summed E-state index contributed by atoms with van der Waals surface area (Å²) >= 11 is 0. The molecule has 9 heteroatoms. The molecule has 2 aromatic rings. The van der Waals surface area contributed by atoms with Gasteiger partial charge in [0.1, 0.15) is 24.1 Å². The number of fused-ring (bicyclic) bond motifs is 1. The van der Waals surface area contributed by atoms with Gasteiger partial charge in [0.05, 0.1) is 24.2 Å². The van der Waals surface area contributed by atoms with Gasteiger partial charge in [-0.2, -0.15) is 0 Å². The summed E-state index contributed by atoms with van der Waals surface area (Å²) in [5.41, 5.74) is 1.76. The molecule has 2 radical (unpaired) electrons. The molecular weight excluding hydrogens is 811 g/mol. The predicted octanol–water partition coefficient (Wildman–Crippen LogP) is 1.53. The first-order valence-corrected chi connectivity index (χ1v) is 15.3. The van der Waals surface area contributed by atoms with E-state index in [1.807, 2.05) is 19.1 Å². The molecule has 1 saturated heterocycles.